The lowest BCUT2D eigenvalue weighted by Crippen LogP contribution is -2.39. The molecule has 1 heterocycles. The van der Waals surface area contributed by atoms with Gasteiger partial charge in [0.25, 0.3) is 0 Å². The average Bonchev–Trinajstić information content (AvgIpc) is 3.36. The summed E-state index contributed by atoms with van der Waals surface area (Å²) < 4.78 is 19.8. The van der Waals surface area contributed by atoms with Crippen molar-refractivity contribution >= 4 is 5.97 Å². The van der Waals surface area contributed by atoms with E-state index in [1.54, 1.807) is 0 Å². The normalized spacial score (nSPS) is 28.0. The van der Waals surface area contributed by atoms with Crippen LogP contribution in [-0.2, 0) is 14.9 Å². The molecule has 2 fully saturated rings. The van der Waals surface area contributed by atoms with Crippen LogP contribution in [0, 0.1) is 23.6 Å². The van der Waals surface area contributed by atoms with Crippen LogP contribution in [0.25, 0.3) is 0 Å². The Morgan fingerprint density at radius 1 is 1.26 bits per heavy atom. The molecule has 0 amide bonds. The zero-order chi connectivity index (χ0) is 24.7. The molecule has 0 radical (unpaired) electrons. The topological polar surface area (TPSA) is 66.8 Å². The number of rotatable bonds is 12. The predicted molar refractivity (Wildman–Crippen MR) is 133 cm³/mol. The number of fused-ring (bicyclic) bond motifs is 2. The Hall–Kier alpha value is -2.24. The van der Waals surface area contributed by atoms with E-state index in [1.165, 1.54) is 17.7 Å². The van der Waals surface area contributed by atoms with Crippen molar-refractivity contribution in [2.45, 2.75) is 76.9 Å². The van der Waals surface area contributed by atoms with Gasteiger partial charge in [0.05, 0.1) is 18.8 Å². The molecule has 0 aromatic heterocycles. The van der Waals surface area contributed by atoms with Crippen molar-refractivity contribution < 1.29 is 24.1 Å². The van der Waals surface area contributed by atoms with E-state index in [0.29, 0.717) is 13.0 Å². The Morgan fingerprint density at radius 3 is 2.68 bits per heavy atom. The number of hydrogen-bond acceptors (Lipinski definition) is 3. The average molecular weight is 471 g/mol. The molecule has 34 heavy (non-hydrogen) atoms. The number of carbonyl (C=O) groups is 1. The minimum absolute atomic E-state index is 0.0759. The lowest BCUT2D eigenvalue weighted by Gasteiger charge is -2.38. The van der Waals surface area contributed by atoms with E-state index in [-0.39, 0.29) is 41.5 Å². The second kappa shape index (κ2) is 11.9. The molecular formula is C29H39FO4. The number of unbranched alkanes of at least 4 members (excludes halogenated alkanes) is 1. The third-order valence-corrected chi connectivity index (χ3v) is 7.47. The number of carboxylic acid groups (broad SMARTS) is 1. The number of halogens is 1. The van der Waals surface area contributed by atoms with Crippen LogP contribution in [0.3, 0.4) is 0 Å². The van der Waals surface area contributed by atoms with Gasteiger partial charge in [0.2, 0.25) is 0 Å². The quantitative estimate of drug-likeness (QED) is 0.282. The number of allylic oxidation sites excluding steroid dienone is 4. The SMILES string of the molecule is CC(C)=CCC(C)[C@H](O)/C=C/[C@@H]1[C@@H]2C[C@@](c3ccc(F)cc3)(CO2)[C@H]1C/C=C\CCCC(=O)O. The molecule has 4 nitrogen and oxygen atoms in total. The Bertz CT molecular complexity index is 899. The largest absolute Gasteiger partial charge is 0.481 e. The smallest absolute Gasteiger partial charge is 0.303 e. The molecule has 1 aromatic rings. The highest BCUT2D eigenvalue weighted by molar-refractivity contribution is 5.66. The second-order valence-electron chi connectivity index (χ2n) is 10.3. The Kier molecular flexibility index (Phi) is 9.26. The first-order chi connectivity index (χ1) is 16.2. The molecule has 1 aromatic carbocycles. The molecule has 1 saturated heterocycles. The van der Waals surface area contributed by atoms with Crippen LogP contribution in [0.1, 0.15) is 64.9 Å². The lowest BCUT2D eigenvalue weighted by molar-refractivity contribution is -0.137. The van der Waals surface area contributed by atoms with E-state index in [9.17, 15) is 14.3 Å². The maximum absolute atomic E-state index is 13.6. The molecule has 6 atom stereocenters. The summed E-state index contributed by atoms with van der Waals surface area (Å²) in [6.45, 7) is 6.81. The van der Waals surface area contributed by atoms with Gasteiger partial charge in [-0.3, -0.25) is 4.79 Å². The van der Waals surface area contributed by atoms with Crippen molar-refractivity contribution in [1.82, 2.24) is 0 Å². The van der Waals surface area contributed by atoms with Crippen molar-refractivity contribution in [3.8, 4) is 0 Å². The fourth-order valence-electron chi connectivity index (χ4n) is 5.43. The molecular weight excluding hydrogens is 431 g/mol. The summed E-state index contributed by atoms with van der Waals surface area (Å²) in [5, 5.41) is 19.6. The van der Waals surface area contributed by atoms with E-state index in [0.717, 1.165) is 31.2 Å². The van der Waals surface area contributed by atoms with Gasteiger partial charge in [-0.1, -0.05) is 55.0 Å². The molecule has 1 aliphatic heterocycles. The van der Waals surface area contributed by atoms with Crippen LogP contribution in [0.4, 0.5) is 4.39 Å². The van der Waals surface area contributed by atoms with Gasteiger partial charge in [0.1, 0.15) is 5.82 Å². The predicted octanol–water partition coefficient (Wildman–Crippen LogP) is 6.21. The fraction of sp³-hybridized carbons (Fsp3) is 0.552. The first-order valence-electron chi connectivity index (χ1n) is 12.5. The highest BCUT2D eigenvalue weighted by Crippen LogP contribution is 2.57. The molecule has 5 heteroatoms. The van der Waals surface area contributed by atoms with Gasteiger partial charge >= 0.3 is 5.97 Å². The van der Waals surface area contributed by atoms with Crippen molar-refractivity contribution in [3.63, 3.8) is 0 Å². The summed E-state index contributed by atoms with van der Waals surface area (Å²) in [6, 6.07) is 6.81. The van der Waals surface area contributed by atoms with Gasteiger partial charge in [-0.25, -0.2) is 4.39 Å². The Balaban J connectivity index is 1.77. The highest BCUT2D eigenvalue weighted by atomic mass is 19.1. The number of benzene rings is 1. The minimum Gasteiger partial charge on any atom is -0.481 e. The summed E-state index contributed by atoms with van der Waals surface area (Å²) in [5.41, 5.74) is 2.17. The molecule has 186 valence electrons. The molecule has 2 N–H and O–H groups in total. The first-order valence-corrected chi connectivity index (χ1v) is 12.5. The number of hydrogen-bond donors (Lipinski definition) is 2. The minimum atomic E-state index is -0.767. The second-order valence-corrected chi connectivity index (χ2v) is 10.3. The summed E-state index contributed by atoms with van der Waals surface area (Å²) in [5.74, 6) is -0.453. The standard InChI is InChI=1S/C29H39FO4/c1-20(2)10-11-21(3)26(31)17-16-24-25(8-6-4-5-7-9-28(32)33)29(18-27(24)34-19-29)22-12-14-23(30)15-13-22/h4,6,10,12-17,21,24-27,31H,5,7-9,11,18-19H2,1-3H3,(H,32,33)/b6-4-,17-16+/t21?,24-,25-,26+,27-,29-/m0/s1. The van der Waals surface area contributed by atoms with E-state index in [1.807, 2.05) is 18.2 Å². The van der Waals surface area contributed by atoms with Crippen molar-refractivity contribution in [3.05, 3.63) is 71.6 Å². The number of aliphatic hydroxyl groups is 1. The van der Waals surface area contributed by atoms with Gasteiger partial charge in [0.15, 0.2) is 0 Å². The van der Waals surface area contributed by atoms with Crippen LogP contribution in [-0.4, -0.2) is 35.0 Å². The third kappa shape index (κ3) is 6.45. The van der Waals surface area contributed by atoms with Crippen LogP contribution in [0.15, 0.2) is 60.2 Å². The fourth-order valence-corrected chi connectivity index (χ4v) is 5.43. The van der Waals surface area contributed by atoms with Gasteiger partial charge in [-0.15, -0.1) is 0 Å². The molecule has 3 rings (SSSR count). The zero-order valence-corrected chi connectivity index (χ0v) is 20.6. The number of aliphatic hydroxyl groups excluding tert-OH is 1. The van der Waals surface area contributed by atoms with Crippen molar-refractivity contribution in [2.24, 2.45) is 17.8 Å². The Morgan fingerprint density at radius 2 is 2.00 bits per heavy atom. The third-order valence-electron chi connectivity index (χ3n) is 7.47. The molecule has 2 aliphatic rings. The molecule has 2 bridgehead atoms. The van der Waals surface area contributed by atoms with E-state index in [2.05, 4.69) is 45.1 Å². The van der Waals surface area contributed by atoms with Gasteiger partial charge < -0.3 is 14.9 Å². The van der Waals surface area contributed by atoms with Crippen LogP contribution in [0.2, 0.25) is 0 Å². The maximum atomic E-state index is 13.6. The van der Waals surface area contributed by atoms with Gasteiger partial charge in [-0.2, -0.15) is 0 Å². The summed E-state index contributed by atoms with van der Waals surface area (Å²) in [7, 11) is 0. The summed E-state index contributed by atoms with van der Waals surface area (Å²) in [4.78, 5) is 10.7. The number of aliphatic carboxylic acids is 1. The van der Waals surface area contributed by atoms with E-state index in [4.69, 9.17) is 9.84 Å². The van der Waals surface area contributed by atoms with Crippen LogP contribution < -0.4 is 0 Å². The molecule has 1 saturated carbocycles. The summed E-state index contributed by atoms with van der Waals surface area (Å²) >= 11 is 0. The first kappa shape index (κ1) is 26.4. The summed E-state index contributed by atoms with van der Waals surface area (Å²) in [6.07, 6.45) is 14.1. The number of ether oxygens (including phenoxy) is 1. The monoisotopic (exact) mass is 470 g/mol. The van der Waals surface area contributed by atoms with E-state index < -0.39 is 12.1 Å². The maximum Gasteiger partial charge on any atom is 0.303 e. The Labute approximate surface area is 203 Å². The lowest BCUT2D eigenvalue weighted by atomic mass is 9.69. The van der Waals surface area contributed by atoms with Gasteiger partial charge in [0, 0.05) is 17.8 Å². The van der Waals surface area contributed by atoms with Gasteiger partial charge in [-0.05, 0) is 75.5 Å². The van der Waals surface area contributed by atoms with Crippen LogP contribution in [0.5, 0.6) is 0 Å². The van der Waals surface area contributed by atoms with Crippen molar-refractivity contribution in [1.29, 1.82) is 0 Å². The van der Waals surface area contributed by atoms with Crippen molar-refractivity contribution in [2.75, 3.05) is 6.61 Å². The van der Waals surface area contributed by atoms with E-state index >= 15 is 0 Å². The molecule has 0 spiro atoms. The highest BCUT2D eigenvalue weighted by Gasteiger charge is 2.58. The molecule has 1 aliphatic carbocycles. The zero-order valence-electron chi connectivity index (χ0n) is 20.6. The number of carboxylic acids is 1. The van der Waals surface area contributed by atoms with Crippen LogP contribution >= 0.6 is 0 Å². The molecule has 1 unspecified atom stereocenters.